The summed E-state index contributed by atoms with van der Waals surface area (Å²) >= 11 is 0. The zero-order chi connectivity index (χ0) is 16.8. The van der Waals surface area contributed by atoms with Gasteiger partial charge in [-0.05, 0) is 26.7 Å². The maximum atomic E-state index is 11.9. The van der Waals surface area contributed by atoms with Gasteiger partial charge in [-0.15, -0.1) is 0 Å². The first-order chi connectivity index (χ1) is 11.0. The van der Waals surface area contributed by atoms with Crippen molar-refractivity contribution < 1.29 is 9.32 Å². The Morgan fingerprint density at radius 1 is 1.39 bits per heavy atom. The number of carbonyl (C=O) groups excluding carboxylic acids is 1. The van der Waals surface area contributed by atoms with Crippen LogP contribution in [0.2, 0.25) is 0 Å². The topological polar surface area (TPSA) is 90.0 Å². The van der Waals surface area contributed by atoms with Gasteiger partial charge in [0.25, 0.3) is 5.56 Å². The molecule has 2 aromatic heterocycles. The highest BCUT2D eigenvalue weighted by atomic mass is 16.5. The van der Waals surface area contributed by atoms with Gasteiger partial charge >= 0.3 is 0 Å². The van der Waals surface area contributed by atoms with Crippen LogP contribution in [0.3, 0.4) is 0 Å². The number of hydrogen-bond acceptors (Lipinski definition) is 5. The summed E-state index contributed by atoms with van der Waals surface area (Å²) in [5.41, 5.74) is 2.48. The number of aryl methyl sites for hydroxylation is 3. The number of nitrogens with zero attached hydrogens (tertiary/aromatic N) is 3. The van der Waals surface area contributed by atoms with Crippen molar-refractivity contribution in [3.63, 3.8) is 0 Å². The molecule has 1 N–H and O–H groups in total. The molecular formula is C16H22N4O3. The van der Waals surface area contributed by atoms with Gasteiger partial charge in [0.2, 0.25) is 5.91 Å². The molecule has 0 radical (unpaired) electrons. The third-order valence-corrected chi connectivity index (χ3v) is 3.76. The summed E-state index contributed by atoms with van der Waals surface area (Å²) in [7, 11) is 0. The molecular weight excluding hydrogens is 296 g/mol. The van der Waals surface area contributed by atoms with Crippen molar-refractivity contribution in [3.05, 3.63) is 45.5 Å². The van der Waals surface area contributed by atoms with Gasteiger partial charge in [0.05, 0.1) is 12.0 Å². The Morgan fingerprint density at radius 3 is 2.78 bits per heavy atom. The van der Waals surface area contributed by atoms with Gasteiger partial charge in [-0.1, -0.05) is 12.1 Å². The van der Waals surface area contributed by atoms with Crippen LogP contribution < -0.4 is 10.9 Å². The molecule has 0 bridgehead atoms. The summed E-state index contributed by atoms with van der Waals surface area (Å²) in [5, 5.41) is 6.68. The molecule has 0 fully saturated rings. The summed E-state index contributed by atoms with van der Waals surface area (Å²) in [6.45, 7) is 6.46. The van der Waals surface area contributed by atoms with Gasteiger partial charge in [0.1, 0.15) is 5.76 Å². The van der Waals surface area contributed by atoms with Crippen LogP contribution in [0.5, 0.6) is 0 Å². The lowest BCUT2D eigenvalue weighted by Gasteiger charge is -2.07. The predicted molar refractivity (Wildman–Crippen MR) is 85.2 cm³/mol. The maximum absolute atomic E-state index is 11.9. The quantitative estimate of drug-likeness (QED) is 0.827. The Morgan fingerprint density at radius 2 is 2.17 bits per heavy atom. The summed E-state index contributed by atoms with van der Waals surface area (Å²) in [6.07, 6.45) is 3.22. The van der Waals surface area contributed by atoms with Gasteiger partial charge in [0.15, 0.2) is 0 Å². The lowest BCUT2D eigenvalue weighted by molar-refractivity contribution is -0.121. The zero-order valence-corrected chi connectivity index (χ0v) is 13.8. The number of amides is 1. The molecule has 2 rings (SSSR count). The summed E-state index contributed by atoms with van der Waals surface area (Å²) in [4.78, 5) is 27.9. The van der Waals surface area contributed by atoms with Crippen molar-refractivity contribution in [2.45, 2.75) is 46.6 Å². The van der Waals surface area contributed by atoms with Gasteiger partial charge in [-0.2, -0.15) is 0 Å². The highest BCUT2D eigenvalue weighted by molar-refractivity contribution is 5.76. The van der Waals surface area contributed by atoms with Crippen molar-refractivity contribution in [1.82, 2.24) is 20.0 Å². The molecule has 0 aliphatic heterocycles. The lowest BCUT2D eigenvalue weighted by Crippen LogP contribution is -2.31. The minimum Gasteiger partial charge on any atom is -0.361 e. The highest BCUT2D eigenvalue weighted by Crippen LogP contribution is 2.13. The van der Waals surface area contributed by atoms with E-state index in [1.54, 1.807) is 0 Å². The maximum Gasteiger partial charge on any atom is 0.253 e. The lowest BCUT2D eigenvalue weighted by atomic mass is 10.1. The number of nitrogens with one attached hydrogen (secondary N) is 1. The Balaban J connectivity index is 1.78. The Bertz CT molecular complexity index is 714. The first-order valence-electron chi connectivity index (χ1n) is 7.75. The second-order valence-corrected chi connectivity index (χ2v) is 5.42. The van der Waals surface area contributed by atoms with Gasteiger partial charge < -0.3 is 9.84 Å². The van der Waals surface area contributed by atoms with E-state index in [0.29, 0.717) is 25.9 Å². The molecule has 7 heteroatoms. The van der Waals surface area contributed by atoms with E-state index in [1.807, 2.05) is 20.8 Å². The fourth-order valence-corrected chi connectivity index (χ4v) is 2.33. The van der Waals surface area contributed by atoms with Crippen LogP contribution in [0, 0.1) is 13.8 Å². The van der Waals surface area contributed by atoms with Crippen LogP contribution in [0.15, 0.2) is 21.7 Å². The van der Waals surface area contributed by atoms with Crippen LogP contribution in [-0.4, -0.2) is 27.2 Å². The average Bonchev–Trinajstić information content (AvgIpc) is 2.85. The second kappa shape index (κ2) is 7.71. The fraction of sp³-hybridized carbons (Fsp3) is 0.500. The van der Waals surface area contributed by atoms with E-state index in [1.165, 1.54) is 17.0 Å². The Labute approximate surface area is 134 Å². The molecule has 7 nitrogen and oxygen atoms in total. The SMILES string of the molecule is CCc1cc(=O)n(CCNC(=O)CCc2c(C)noc2C)cn1. The van der Waals surface area contributed by atoms with Crippen LogP contribution in [-0.2, 0) is 24.2 Å². The van der Waals surface area contributed by atoms with Crippen molar-refractivity contribution >= 4 is 5.91 Å². The fourth-order valence-electron chi connectivity index (χ4n) is 2.33. The monoisotopic (exact) mass is 318 g/mol. The number of carbonyl (C=O) groups is 1. The summed E-state index contributed by atoms with van der Waals surface area (Å²) in [6, 6.07) is 1.53. The predicted octanol–water partition coefficient (Wildman–Crippen LogP) is 1.16. The normalized spacial score (nSPS) is 10.7. The second-order valence-electron chi connectivity index (χ2n) is 5.42. The van der Waals surface area contributed by atoms with E-state index in [-0.39, 0.29) is 11.5 Å². The van der Waals surface area contributed by atoms with Crippen molar-refractivity contribution in [2.24, 2.45) is 0 Å². The molecule has 0 saturated carbocycles. The molecule has 124 valence electrons. The van der Waals surface area contributed by atoms with Crippen LogP contribution in [0.25, 0.3) is 0 Å². The standard InChI is InChI=1S/C16H22N4O3/c1-4-13-9-16(22)20(10-18-13)8-7-17-15(21)6-5-14-11(2)19-23-12(14)3/h9-10H,4-8H2,1-3H3,(H,17,21). The average molecular weight is 318 g/mol. The molecule has 0 unspecified atom stereocenters. The molecule has 0 atom stereocenters. The zero-order valence-electron chi connectivity index (χ0n) is 13.8. The van der Waals surface area contributed by atoms with Crippen molar-refractivity contribution in [2.75, 3.05) is 6.54 Å². The van der Waals surface area contributed by atoms with Crippen molar-refractivity contribution in [3.8, 4) is 0 Å². The van der Waals surface area contributed by atoms with E-state index in [9.17, 15) is 9.59 Å². The molecule has 2 aromatic rings. The van der Waals surface area contributed by atoms with E-state index in [2.05, 4.69) is 15.5 Å². The molecule has 1 amide bonds. The largest absolute Gasteiger partial charge is 0.361 e. The molecule has 0 saturated heterocycles. The van der Waals surface area contributed by atoms with E-state index >= 15 is 0 Å². The molecule has 23 heavy (non-hydrogen) atoms. The molecule has 0 aliphatic carbocycles. The minimum absolute atomic E-state index is 0.0591. The van der Waals surface area contributed by atoms with Crippen LogP contribution >= 0.6 is 0 Å². The molecule has 0 aliphatic rings. The molecule has 0 aromatic carbocycles. The van der Waals surface area contributed by atoms with E-state index in [4.69, 9.17) is 4.52 Å². The minimum atomic E-state index is -0.0955. The van der Waals surface area contributed by atoms with E-state index < -0.39 is 0 Å². The first kappa shape index (κ1) is 16.9. The Kier molecular flexibility index (Phi) is 5.67. The number of aromatic nitrogens is 3. The number of rotatable bonds is 7. The first-order valence-corrected chi connectivity index (χ1v) is 7.75. The molecule has 2 heterocycles. The third kappa shape index (κ3) is 4.51. The van der Waals surface area contributed by atoms with Crippen LogP contribution in [0.1, 0.15) is 36.1 Å². The van der Waals surface area contributed by atoms with E-state index in [0.717, 1.165) is 29.1 Å². The molecule has 0 spiro atoms. The van der Waals surface area contributed by atoms with Crippen LogP contribution in [0.4, 0.5) is 0 Å². The highest BCUT2D eigenvalue weighted by Gasteiger charge is 2.11. The summed E-state index contributed by atoms with van der Waals surface area (Å²) < 4.78 is 6.57. The van der Waals surface area contributed by atoms with Gasteiger partial charge in [0, 0.05) is 36.8 Å². The van der Waals surface area contributed by atoms with Gasteiger partial charge in [-0.3, -0.25) is 14.2 Å². The Hall–Kier alpha value is -2.44. The smallest absolute Gasteiger partial charge is 0.253 e. The van der Waals surface area contributed by atoms with Crippen molar-refractivity contribution in [1.29, 1.82) is 0 Å². The summed E-state index contributed by atoms with van der Waals surface area (Å²) in [5.74, 6) is 0.695. The number of hydrogen-bond donors (Lipinski definition) is 1. The van der Waals surface area contributed by atoms with Gasteiger partial charge in [-0.25, -0.2) is 4.98 Å². The third-order valence-electron chi connectivity index (χ3n) is 3.76.